The number of hydrogen-bond donors (Lipinski definition) is 2. The first-order chi connectivity index (χ1) is 19.9. The van der Waals surface area contributed by atoms with Crippen LogP contribution in [0.15, 0.2) is 61.1 Å². The number of anilines is 3. The summed E-state index contributed by atoms with van der Waals surface area (Å²) in [5.41, 5.74) is 1.32. The smallest absolute Gasteiger partial charge is 0.373 e. The van der Waals surface area contributed by atoms with Gasteiger partial charge >= 0.3 is 6.18 Å². The fourth-order valence-electron chi connectivity index (χ4n) is 4.11. The van der Waals surface area contributed by atoms with E-state index in [4.69, 9.17) is 11.6 Å². The average Bonchev–Trinajstić information content (AvgIpc) is 3.43. The van der Waals surface area contributed by atoms with E-state index in [0.717, 1.165) is 25.4 Å². The molecule has 0 aliphatic rings. The third kappa shape index (κ3) is 5.77. The highest BCUT2D eigenvalue weighted by Crippen LogP contribution is 2.37. The number of benzene rings is 2. The highest BCUT2D eigenvalue weighted by molar-refractivity contribution is 6.36. The van der Waals surface area contributed by atoms with Crippen LogP contribution in [0, 0.1) is 28.9 Å². The van der Waals surface area contributed by atoms with E-state index in [1.165, 1.54) is 36.5 Å². The minimum atomic E-state index is -4.58. The zero-order valence-corrected chi connectivity index (χ0v) is 22.0. The maximum absolute atomic E-state index is 13.8. The number of pyridine rings is 2. The van der Waals surface area contributed by atoms with Crippen LogP contribution in [-0.2, 0) is 0 Å². The Morgan fingerprint density at radius 2 is 1.74 bits per heavy atom. The van der Waals surface area contributed by atoms with Gasteiger partial charge in [-0.15, -0.1) is 5.10 Å². The van der Waals surface area contributed by atoms with Crippen LogP contribution in [0.1, 0.15) is 35.8 Å². The van der Waals surface area contributed by atoms with Crippen LogP contribution in [0.3, 0.4) is 0 Å². The Morgan fingerprint density at radius 1 is 1.00 bits per heavy atom. The van der Waals surface area contributed by atoms with Gasteiger partial charge in [0.15, 0.2) is 5.82 Å². The van der Waals surface area contributed by atoms with Crippen molar-refractivity contribution < 1.29 is 26.3 Å². The molecular weight excluding hydrogens is 586 g/mol. The summed E-state index contributed by atoms with van der Waals surface area (Å²) in [4.78, 5) is 7.57. The molecule has 8 nitrogen and oxygen atoms in total. The van der Waals surface area contributed by atoms with Crippen LogP contribution in [0.5, 0.6) is 0 Å². The van der Waals surface area contributed by atoms with Crippen LogP contribution in [-0.4, -0.2) is 31.1 Å². The van der Waals surface area contributed by atoms with E-state index in [-0.39, 0.29) is 33.2 Å². The van der Waals surface area contributed by atoms with Gasteiger partial charge in [-0.2, -0.15) is 22.8 Å². The van der Waals surface area contributed by atoms with Crippen LogP contribution >= 0.6 is 11.6 Å². The lowest BCUT2D eigenvalue weighted by Gasteiger charge is -2.20. The van der Waals surface area contributed by atoms with Crippen molar-refractivity contribution in [2.75, 3.05) is 10.6 Å². The number of nitrogens with zero attached hydrogens (tertiary/aromatic N) is 6. The van der Waals surface area contributed by atoms with Crippen molar-refractivity contribution in [1.29, 1.82) is 5.26 Å². The SMILES string of the molecule is CC(n1cc(C(Nc2cc(Cl)c3ncc(C#N)c(Nc4cnc(F)c(F)c4)c3c2)c2ccc(F)cc2)nn1)C(F)(F)F. The second-order valence-corrected chi connectivity index (χ2v) is 9.51. The van der Waals surface area contributed by atoms with Gasteiger partial charge in [-0.3, -0.25) is 4.98 Å². The fraction of sp³-hybridized carbons (Fsp3) is 0.148. The minimum Gasteiger partial charge on any atom is -0.373 e. The molecule has 0 saturated heterocycles. The first-order valence-electron chi connectivity index (χ1n) is 12.1. The first-order valence-corrected chi connectivity index (χ1v) is 12.4. The Kier molecular flexibility index (Phi) is 7.61. The van der Waals surface area contributed by atoms with E-state index in [2.05, 4.69) is 30.9 Å². The van der Waals surface area contributed by atoms with Crippen LogP contribution in [0.25, 0.3) is 10.9 Å². The maximum Gasteiger partial charge on any atom is 0.410 e. The minimum absolute atomic E-state index is 0.0342. The average molecular weight is 603 g/mol. The zero-order valence-electron chi connectivity index (χ0n) is 21.3. The molecule has 214 valence electrons. The number of hydrogen-bond acceptors (Lipinski definition) is 7. The fourth-order valence-corrected chi connectivity index (χ4v) is 4.38. The van der Waals surface area contributed by atoms with E-state index in [1.54, 1.807) is 6.07 Å². The Bertz CT molecular complexity index is 1820. The molecule has 5 aromatic rings. The number of halogens is 7. The molecule has 0 saturated carbocycles. The number of nitriles is 1. The van der Waals surface area contributed by atoms with Gasteiger partial charge in [0, 0.05) is 23.3 Å². The van der Waals surface area contributed by atoms with Gasteiger partial charge in [0.25, 0.3) is 0 Å². The van der Waals surface area contributed by atoms with Gasteiger partial charge in [-0.25, -0.2) is 18.4 Å². The summed E-state index contributed by atoms with van der Waals surface area (Å²) in [6, 6.07) is 8.20. The van der Waals surface area contributed by atoms with Gasteiger partial charge in [0.1, 0.15) is 23.6 Å². The third-order valence-electron chi connectivity index (χ3n) is 6.32. The van der Waals surface area contributed by atoms with E-state index < -0.39 is 35.8 Å². The van der Waals surface area contributed by atoms with Crippen LogP contribution in [0.2, 0.25) is 5.02 Å². The summed E-state index contributed by atoms with van der Waals surface area (Å²) >= 11 is 6.53. The number of alkyl halides is 3. The number of fused-ring (bicyclic) bond motifs is 1. The molecule has 3 heterocycles. The predicted octanol–water partition coefficient (Wildman–Crippen LogP) is 7.23. The van der Waals surface area contributed by atoms with Gasteiger partial charge in [0.05, 0.1) is 45.9 Å². The predicted molar refractivity (Wildman–Crippen MR) is 142 cm³/mol. The molecule has 2 unspecified atom stereocenters. The molecule has 0 aliphatic carbocycles. The molecule has 42 heavy (non-hydrogen) atoms. The molecule has 2 aromatic carbocycles. The maximum atomic E-state index is 13.8. The highest BCUT2D eigenvalue weighted by atomic mass is 35.5. The molecule has 5 rings (SSSR count). The molecule has 0 radical (unpaired) electrons. The summed E-state index contributed by atoms with van der Waals surface area (Å²) in [7, 11) is 0. The molecule has 2 atom stereocenters. The molecule has 15 heteroatoms. The lowest BCUT2D eigenvalue weighted by atomic mass is 10.0. The van der Waals surface area contributed by atoms with Gasteiger partial charge in [-0.05, 0) is 36.8 Å². The van der Waals surface area contributed by atoms with Crippen LogP contribution in [0.4, 0.5) is 43.4 Å². The zero-order chi connectivity index (χ0) is 30.2. The molecule has 0 bridgehead atoms. The molecule has 3 aromatic heterocycles. The van der Waals surface area contributed by atoms with E-state index in [9.17, 15) is 31.6 Å². The second kappa shape index (κ2) is 11.2. The summed E-state index contributed by atoms with van der Waals surface area (Å²) in [5.74, 6) is -3.05. The van der Waals surface area contributed by atoms with Gasteiger partial charge < -0.3 is 10.6 Å². The third-order valence-corrected chi connectivity index (χ3v) is 6.61. The van der Waals surface area contributed by atoms with Gasteiger partial charge in [0.2, 0.25) is 5.95 Å². The summed E-state index contributed by atoms with van der Waals surface area (Å²) in [6.07, 6.45) is -1.17. The summed E-state index contributed by atoms with van der Waals surface area (Å²) in [6.45, 7) is 0.929. The molecule has 0 fully saturated rings. The topological polar surface area (TPSA) is 104 Å². The normalized spacial score (nSPS) is 13.0. The van der Waals surface area contributed by atoms with E-state index >= 15 is 0 Å². The van der Waals surface area contributed by atoms with Crippen molar-refractivity contribution in [3.05, 3.63) is 100 Å². The largest absolute Gasteiger partial charge is 0.410 e. The van der Waals surface area contributed by atoms with Crippen molar-refractivity contribution in [2.45, 2.75) is 25.2 Å². The van der Waals surface area contributed by atoms with E-state index in [1.807, 2.05) is 6.07 Å². The first kappa shape index (κ1) is 28.6. The number of nitrogens with one attached hydrogen (secondary N) is 2. The Morgan fingerprint density at radius 3 is 2.40 bits per heavy atom. The van der Waals surface area contributed by atoms with E-state index in [0.29, 0.717) is 21.3 Å². The van der Waals surface area contributed by atoms with Crippen molar-refractivity contribution in [1.82, 2.24) is 25.0 Å². The van der Waals surface area contributed by atoms with Crippen molar-refractivity contribution in [3.8, 4) is 6.07 Å². The molecular formula is C27H17ClF6N8. The van der Waals surface area contributed by atoms with Crippen LogP contribution < -0.4 is 10.6 Å². The highest BCUT2D eigenvalue weighted by Gasteiger charge is 2.38. The quantitative estimate of drug-likeness (QED) is 0.150. The Balaban J connectivity index is 1.60. The Labute approximate surface area is 238 Å². The molecule has 0 aliphatic heterocycles. The lowest BCUT2D eigenvalue weighted by molar-refractivity contribution is -0.165. The van der Waals surface area contributed by atoms with Crippen molar-refractivity contribution >= 4 is 39.6 Å². The summed E-state index contributed by atoms with van der Waals surface area (Å²) in [5, 5.41) is 23.7. The molecule has 0 spiro atoms. The standard InChI is InChI=1S/C27H17ClF6N8/c1-13(27(32,33)34)42-12-22(40-41-42)24(14-2-4-16(29)5-3-14)38-17-6-19-23(39-18-8-21(30)26(31)37-11-18)15(9-35)10-36-25(19)20(28)7-17/h2-8,10-13,24,38H,1H3,(H,36,39). The molecule has 0 amide bonds. The molecule has 2 N–H and O–H groups in total. The second-order valence-electron chi connectivity index (χ2n) is 9.10. The van der Waals surface area contributed by atoms with Crippen molar-refractivity contribution in [3.63, 3.8) is 0 Å². The van der Waals surface area contributed by atoms with Crippen molar-refractivity contribution in [2.24, 2.45) is 0 Å². The monoisotopic (exact) mass is 602 g/mol. The Hall–Kier alpha value is -4.90. The van der Waals surface area contributed by atoms with Gasteiger partial charge in [-0.1, -0.05) is 28.9 Å². The number of rotatable bonds is 7. The number of aromatic nitrogens is 5. The lowest BCUT2D eigenvalue weighted by Crippen LogP contribution is -2.24. The summed E-state index contributed by atoms with van der Waals surface area (Å²) < 4.78 is 81.5.